The Balaban J connectivity index is 1.81. The summed E-state index contributed by atoms with van der Waals surface area (Å²) in [7, 11) is 0. The number of rotatable bonds is 3. The Hall–Kier alpha value is -1.88. The highest BCUT2D eigenvalue weighted by Gasteiger charge is 2.69. The van der Waals surface area contributed by atoms with E-state index in [1.54, 1.807) is 24.3 Å². The van der Waals surface area contributed by atoms with Gasteiger partial charge in [-0.2, -0.15) is 0 Å². The summed E-state index contributed by atoms with van der Waals surface area (Å²) >= 11 is 5.82. The highest BCUT2D eigenvalue weighted by atomic mass is 35.5. The van der Waals surface area contributed by atoms with Crippen LogP contribution in [-0.2, 0) is 14.4 Å². The highest BCUT2D eigenvalue weighted by Crippen LogP contribution is 2.64. The summed E-state index contributed by atoms with van der Waals surface area (Å²) in [5.74, 6) is -0.321. The van der Waals surface area contributed by atoms with Crippen LogP contribution in [0, 0.1) is 16.7 Å². The Kier molecular flexibility index (Phi) is 3.71. The molecule has 122 valence electrons. The Morgan fingerprint density at radius 1 is 1.35 bits per heavy atom. The van der Waals surface area contributed by atoms with Gasteiger partial charge < -0.3 is 10.6 Å². The van der Waals surface area contributed by atoms with Gasteiger partial charge >= 0.3 is 5.97 Å². The molecule has 1 aromatic carbocycles. The number of hydrogen-bond donors (Lipinski definition) is 1. The van der Waals surface area contributed by atoms with Crippen LogP contribution in [0.5, 0.6) is 0 Å². The first kappa shape index (κ1) is 16.0. The zero-order valence-corrected chi connectivity index (χ0v) is 13.9. The standard InChI is InChI=1S/C17H19ClN2O3/c1-16(2)11-7-8-17(16,13(21)9-11)15(22)23-20-14(19)10-3-5-12(18)6-4-10/h3-6,11H,7-9H2,1-2H3,(H2,19,20)/t11-,17+/m1/s1. The van der Waals surface area contributed by atoms with Crippen molar-refractivity contribution < 1.29 is 14.4 Å². The van der Waals surface area contributed by atoms with Gasteiger partial charge in [-0.05, 0) is 48.4 Å². The van der Waals surface area contributed by atoms with Crippen LogP contribution in [0.25, 0.3) is 0 Å². The fourth-order valence-corrected chi connectivity index (χ4v) is 4.12. The lowest BCUT2D eigenvalue weighted by Gasteiger charge is -2.32. The molecule has 0 saturated heterocycles. The maximum absolute atomic E-state index is 12.6. The molecular weight excluding hydrogens is 316 g/mol. The lowest BCUT2D eigenvalue weighted by Crippen LogP contribution is -2.44. The van der Waals surface area contributed by atoms with E-state index in [2.05, 4.69) is 5.16 Å². The second-order valence-electron chi connectivity index (χ2n) is 6.85. The first-order chi connectivity index (χ1) is 10.8. The normalized spacial score (nSPS) is 28.9. The summed E-state index contributed by atoms with van der Waals surface area (Å²) in [5, 5.41) is 4.31. The van der Waals surface area contributed by atoms with Crippen LogP contribution in [0.4, 0.5) is 0 Å². The van der Waals surface area contributed by atoms with Crippen molar-refractivity contribution in [2.24, 2.45) is 27.6 Å². The number of ketones is 1. The molecule has 2 fully saturated rings. The molecule has 2 aliphatic rings. The summed E-state index contributed by atoms with van der Waals surface area (Å²) in [5.41, 5.74) is 4.95. The summed E-state index contributed by atoms with van der Waals surface area (Å²) in [6.07, 6.45) is 1.83. The van der Waals surface area contributed by atoms with Crippen LogP contribution >= 0.6 is 11.6 Å². The number of nitrogens with zero attached hydrogens (tertiary/aromatic N) is 1. The molecule has 6 heteroatoms. The minimum atomic E-state index is -1.08. The molecule has 0 unspecified atom stereocenters. The minimum Gasteiger partial charge on any atom is -0.380 e. The first-order valence-corrected chi connectivity index (χ1v) is 8.01. The van der Waals surface area contributed by atoms with Gasteiger partial charge in [-0.25, -0.2) is 4.79 Å². The number of carbonyl (C=O) groups is 2. The SMILES string of the molecule is CC1(C)[C@@H]2CC[C@@]1(C(=O)O/N=C(\N)c1ccc(Cl)cc1)C(=O)C2. The van der Waals surface area contributed by atoms with Crippen molar-refractivity contribution >= 4 is 29.2 Å². The van der Waals surface area contributed by atoms with Crippen LogP contribution in [0.1, 0.15) is 38.7 Å². The Bertz CT molecular complexity index is 696. The topological polar surface area (TPSA) is 81.8 Å². The van der Waals surface area contributed by atoms with E-state index in [-0.39, 0.29) is 17.5 Å². The largest absolute Gasteiger partial charge is 0.380 e. The molecule has 1 aromatic rings. The van der Waals surface area contributed by atoms with Gasteiger partial charge in [-0.3, -0.25) is 4.79 Å². The molecule has 3 rings (SSSR count). The van der Waals surface area contributed by atoms with Gasteiger partial charge in [0.05, 0.1) is 0 Å². The molecule has 0 heterocycles. The van der Waals surface area contributed by atoms with E-state index >= 15 is 0 Å². The van der Waals surface area contributed by atoms with Crippen LogP contribution in [0.15, 0.2) is 29.4 Å². The first-order valence-electron chi connectivity index (χ1n) is 7.63. The third-order valence-corrected chi connectivity index (χ3v) is 5.86. The molecular formula is C17H19ClN2O3. The summed E-state index contributed by atoms with van der Waals surface area (Å²) in [6.45, 7) is 3.92. The number of fused-ring (bicyclic) bond motifs is 2. The average Bonchev–Trinajstić information content (AvgIpc) is 2.88. The smallest absolute Gasteiger partial charge is 0.349 e. The van der Waals surface area contributed by atoms with E-state index in [0.29, 0.717) is 23.4 Å². The van der Waals surface area contributed by atoms with E-state index < -0.39 is 16.8 Å². The third-order valence-electron chi connectivity index (χ3n) is 5.61. The Morgan fingerprint density at radius 3 is 2.52 bits per heavy atom. The fraction of sp³-hybridized carbons (Fsp3) is 0.471. The van der Waals surface area contributed by atoms with Crippen molar-refractivity contribution in [3.63, 3.8) is 0 Å². The second-order valence-corrected chi connectivity index (χ2v) is 7.29. The maximum Gasteiger partial charge on any atom is 0.349 e. The summed E-state index contributed by atoms with van der Waals surface area (Å²) in [4.78, 5) is 30.1. The number of hydrogen-bond acceptors (Lipinski definition) is 4. The van der Waals surface area contributed by atoms with E-state index in [4.69, 9.17) is 22.2 Å². The van der Waals surface area contributed by atoms with Crippen molar-refractivity contribution in [3.05, 3.63) is 34.9 Å². The molecule has 0 amide bonds. The molecule has 0 aliphatic heterocycles. The lowest BCUT2D eigenvalue weighted by atomic mass is 9.69. The minimum absolute atomic E-state index is 0.0379. The predicted octanol–water partition coefficient (Wildman–Crippen LogP) is 2.90. The number of amidine groups is 1. The number of halogens is 1. The molecule has 2 aliphatic carbocycles. The summed E-state index contributed by atoms with van der Waals surface area (Å²) in [6, 6.07) is 6.71. The predicted molar refractivity (Wildman–Crippen MR) is 86.8 cm³/mol. The number of Topliss-reactive ketones (excluding diaryl/α,β-unsaturated/α-hetero) is 1. The van der Waals surface area contributed by atoms with Gasteiger partial charge in [-0.15, -0.1) is 0 Å². The fourth-order valence-electron chi connectivity index (χ4n) is 4.00. The monoisotopic (exact) mass is 334 g/mol. The quantitative estimate of drug-likeness (QED) is 0.303. The van der Waals surface area contributed by atoms with Gasteiger partial charge in [0.2, 0.25) is 0 Å². The second kappa shape index (κ2) is 5.34. The molecule has 2 atom stereocenters. The van der Waals surface area contributed by atoms with Crippen molar-refractivity contribution in [1.29, 1.82) is 0 Å². The van der Waals surface area contributed by atoms with Crippen molar-refractivity contribution in [3.8, 4) is 0 Å². The molecule has 2 N–H and O–H groups in total. The van der Waals surface area contributed by atoms with E-state index in [0.717, 1.165) is 6.42 Å². The Morgan fingerprint density at radius 2 is 2.00 bits per heavy atom. The van der Waals surface area contributed by atoms with E-state index in [9.17, 15) is 9.59 Å². The van der Waals surface area contributed by atoms with Gasteiger partial charge in [0.1, 0.15) is 5.41 Å². The van der Waals surface area contributed by atoms with Gasteiger partial charge in [0.25, 0.3) is 0 Å². The molecule has 0 spiro atoms. The van der Waals surface area contributed by atoms with Gasteiger partial charge in [0.15, 0.2) is 11.6 Å². The van der Waals surface area contributed by atoms with Gasteiger partial charge in [-0.1, -0.05) is 30.6 Å². The number of carbonyl (C=O) groups excluding carboxylic acids is 2. The van der Waals surface area contributed by atoms with Crippen LogP contribution in [0.2, 0.25) is 5.02 Å². The maximum atomic E-state index is 12.6. The molecule has 0 radical (unpaired) electrons. The van der Waals surface area contributed by atoms with Crippen LogP contribution < -0.4 is 5.73 Å². The average molecular weight is 335 g/mol. The van der Waals surface area contributed by atoms with Crippen molar-refractivity contribution in [1.82, 2.24) is 0 Å². The third kappa shape index (κ3) is 2.26. The zero-order valence-electron chi connectivity index (χ0n) is 13.1. The highest BCUT2D eigenvalue weighted by molar-refractivity contribution is 6.30. The van der Waals surface area contributed by atoms with Gasteiger partial charge in [0, 0.05) is 17.0 Å². The molecule has 0 aromatic heterocycles. The Labute approximate surface area is 139 Å². The molecule has 5 nitrogen and oxygen atoms in total. The van der Waals surface area contributed by atoms with E-state index in [1.165, 1.54) is 0 Å². The number of benzene rings is 1. The van der Waals surface area contributed by atoms with Crippen LogP contribution in [0.3, 0.4) is 0 Å². The van der Waals surface area contributed by atoms with Crippen LogP contribution in [-0.4, -0.2) is 17.6 Å². The van der Waals surface area contributed by atoms with Crippen molar-refractivity contribution in [2.45, 2.75) is 33.1 Å². The molecule has 23 heavy (non-hydrogen) atoms. The van der Waals surface area contributed by atoms with E-state index in [1.807, 2.05) is 13.8 Å². The molecule has 2 bridgehead atoms. The summed E-state index contributed by atoms with van der Waals surface area (Å²) < 4.78 is 0. The lowest BCUT2D eigenvalue weighted by molar-refractivity contribution is -0.164. The number of oxime groups is 1. The molecule has 2 saturated carbocycles. The number of nitrogens with two attached hydrogens (primary N) is 1. The van der Waals surface area contributed by atoms with Crippen molar-refractivity contribution in [2.75, 3.05) is 0 Å². The zero-order chi connectivity index (χ0) is 16.8.